The third-order valence-corrected chi connectivity index (χ3v) is 5.16. The van der Waals surface area contributed by atoms with Gasteiger partial charge in [-0.1, -0.05) is 27.5 Å². The van der Waals surface area contributed by atoms with Crippen LogP contribution in [0.25, 0.3) is 0 Å². The summed E-state index contributed by atoms with van der Waals surface area (Å²) < 4.78 is 1.05. The summed E-state index contributed by atoms with van der Waals surface area (Å²) in [6.45, 7) is 8.43. The molecule has 20 heavy (non-hydrogen) atoms. The Morgan fingerprint density at radius 1 is 1.30 bits per heavy atom. The zero-order valence-corrected chi connectivity index (χ0v) is 15.2. The van der Waals surface area contributed by atoms with Crippen LogP contribution in [0.15, 0.2) is 22.7 Å². The van der Waals surface area contributed by atoms with E-state index in [-0.39, 0.29) is 6.04 Å². The van der Waals surface area contributed by atoms with Gasteiger partial charge in [0.2, 0.25) is 0 Å². The lowest BCUT2D eigenvalue weighted by Gasteiger charge is -2.21. The minimum absolute atomic E-state index is 0.0560. The quantitative estimate of drug-likeness (QED) is 0.790. The predicted octanol–water partition coefficient (Wildman–Crippen LogP) is 5.26. The van der Waals surface area contributed by atoms with Crippen LogP contribution in [-0.4, -0.2) is 11.0 Å². The molecule has 0 fully saturated rings. The van der Waals surface area contributed by atoms with E-state index in [1.165, 1.54) is 4.88 Å². The number of nitrogens with one attached hydrogen (secondary N) is 1. The fraction of sp³-hybridized carbons (Fsp3) is 0.400. The Morgan fingerprint density at radius 2 is 2.00 bits per heavy atom. The molecule has 0 spiro atoms. The van der Waals surface area contributed by atoms with Crippen molar-refractivity contribution >= 4 is 38.9 Å². The van der Waals surface area contributed by atoms with Gasteiger partial charge in [-0.3, -0.25) is 0 Å². The van der Waals surface area contributed by atoms with E-state index in [2.05, 4.69) is 48.9 Å². The molecule has 0 aliphatic carbocycles. The van der Waals surface area contributed by atoms with Crippen LogP contribution in [0.2, 0.25) is 5.02 Å². The van der Waals surface area contributed by atoms with Crippen LogP contribution in [0.1, 0.15) is 41.0 Å². The average Bonchev–Trinajstić information content (AvgIpc) is 2.69. The molecule has 1 heterocycles. The summed E-state index contributed by atoms with van der Waals surface area (Å²) in [5, 5.41) is 5.40. The smallest absolute Gasteiger partial charge is 0.115 e. The van der Waals surface area contributed by atoms with Crippen LogP contribution in [-0.2, 0) is 0 Å². The van der Waals surface area contributed by atoms with E-state index in [1.807, 2.05) is 18.2 Å². The summed E-state index contributed by atoms with van der Waals surface area (Å²) in [6.07, 6.45) is 0. The van der Waals surface area contributed by atoms with E-state index < -0.39 is 0 Å². The summed E-state index contributed by atoms with van der Waals surface area (Å²) >= 11 is 11.5. The van der Waals surface area contributed by atoms with E-state index in [9.17, 15) is 0 Å². The molecule has 2 nitrogen and oxygen atoms in total. The molecule has 2 rings (SSSR count). The maximum Gasteiger partial charge on any atom is 0.115 e. The molecule has 1 aromatic heterocycles. The highest BCUT2D eigenvalue weighted by Crippen LogP contribution is 2.34. The molecular formula is C15H18BrClN2S. The summed E-state index contributed by atoms with van der Waals surface area (Å²) in [4.78, 5) is 5.96. The highest BCUT2D eigenvalue weighted by atomic mass is 79.9. The van der Waals surface area contributed by atoms with Gasteiger partial charge in [-0.15, -0.1) is 11.3 Å². The number of nitrogens with zero attached hydrogens (tertiary/aromatic N) is 1. The summed E-state index contributed by atoms with van der Waals surface area (Å²) in [7, 11) is 0. The summed E-state index contributed by atoms with van der Waals surface area (Å²) in [5.41, 5.74) is 2.22. The summed E-state index contributed by atoms with van der Waals surface area (Å²) in [6, 6.07) is 6.29. The molecule has 0 aliphatic heterocycles. The first-order chi connectivity index (χ1) is 9.38. The highest BCUT2D eigenvalue weighted by Gasteiger charge is 2.22. The molecule has 0 saturated heterocycles. The van der Waals surface area contributed by atoms with Crippen LogP contribution in [0, 0.1) is 13.8 Å². The highest BCUT2D eigenvalue weighted by molar-refractivity contribution is 9.10. The van der Waals surface area contributed by atoms with Crippen LogP contribution in [0.5, 0.6) is 0 Å². The largest absolute Gasteiger partial charge is 0.302 e. The minimum atomic E-state index is 0.0560. The van der Waals surface area contributed by atoms with E-state index in [4.69, 9.17) is 16.6 Å². The Morgan fingerprint density at radius 3 is 2.55 bits per heavy atom. The normalized spacial score (nSPS) is 12.9. The summed E-state index contributed by atoms with van der Waals surface area (Å²) in [5.74, 6) is 0. The molecule has 5 heteroatoms. The third kappa shape index (κ3) is 3.61. The molecule has 1 atom stereocenters. The first kappa shape index (κ1) is 16.0. The Labute approximate surface area is 137 Å². The van der Waals surface area contributed by atoms with Gasteiger partial charge in [0.05, 0.1) is 11.7 Å². The van der Waals surface area contributed by atoms with Crippen molar-refractivity contribution < 1.29 is 0 Å². The Hall–Kier alpha value is -0.420. The number of aryl methyl sites for hydroxylation is 2. The van der Waals surface area contributed by atoms with E-state index >= 15 is 0 Å². The topological polar surface area (TPSA) is 24.9 Å². The molecule has 1 aromatic carbocycles. The predicted molar refractivity (Wildman–Crippen MR) is 90.9 cm³/mol. The van der Waals surface area contributed by atoms with Crippen molar-refractivity contribution in [1.29, 1.82) is 0 Å². The Balaban J connectivity index is 2.49. The molecule has 0 aliphatic rings. The SMILES string of the molecule is Cc1nc(C(NC(C)C)c2cc(Cl)ccc2Br)sc1C. The van der Waals surface area contributed by atoms with Gasteiger partial charge in [0.1, 0.15) is 5.01 Å². The van der Waals surface area contributed by atoms with Crippen molar-refractivity contribution in [2.45, 2.75) is 39.8 Å². The van der Waals surface area contributed by atoms with Gasteiger partial charge in [0.25, 0.3) is 0 Å². The minimum Gasteiger partial charge on any atom is -0.302 e. The molecule has 0 amide bonds. The number of hydrogen-bond acceptors (Lipinski definition) is 3. The second-order valence-electron chi connectivity index (χ2n) is 5.11. The van der Waals surface area contributed by atoms with Gasteiger partial charge in [0, 0.05) is 20.4 Å². The first-order valence-corrected chi connectivity index (χ1v) is 8.52. The number of rotatable bonds is 4. The van der Waals surface area contributed by atoms with Gasteiger partial charge >= 0.3 is 0 Å². The molecule has 1 unspecified atom stereocenters. The zero-order valence-electron chi connectivity index (χ0n) is 12.0. The van der Waals surface area contributed by atoms with Crippen molar-refractivity contribution in [2.75, 3.05) is 0 Å². The van der Waals surface area contributed by atoms with Gasteiger partial charge in [0.15, 0.2) is 0 Å². The number of aromatic nitrogens is 1. The maximum atomic E-state index is 6.16. The first-order valence-electron chi connectivity index (χ1n) is 6.53. The Bertz CT molecular complexity index is 590. The number of thiazole rings is 1. The van der Waals surface area contributed by atoms with E-state index in [0.717, 1.165) is 25.8 Å². The average molecular weight is 374 g/mol. The lowest BCUT2D eigenvalue weighted by atomic mass is 10.1. The number of benzene rings is 1. The molecule has 1 N–H and O–H groups in total. The van der Waals surface area contributed by atoms with Crippen LogP contribution in [0.3, 0.4) is 0 Å². The fourth-order valence-corrected chi connectivity index (χ4v) is 3.64. The maximum absolute atomic E-state index is 6.16. The van der Waals surface area contributed by atoms with Gasteiger partial charge < -0.3 is 5.32 Å². The second kappa shape index (κ2) is 6.56. The third-order valence-electron chi connectivity index (χ3n) is 3.06. The number of halogens is 2. The van der Waals surface area contributed by atoms with E-state index in [1.54, 1.807) is 11.3 Å². The lowest BCUT2D eigenvalue weighted by Crippen LogP contribution is -2.29. The Kier molecular flexibility index (Phi) is 5.24. The van der Waals surface area contributed by atoms with Gasteiger partial charge in [-0.25, -0.2) is 4.98 Å². The van der Waals surface area contributed by atoms with Crippen molar-refractivity contribution in [3.63, 3.8) is 0 Å². The van der Waals surface area contributed by atoms with Crippen LogP contribution < -0.4 is 5.32 Å². The molecule has 0 saturated carbocycles. The number of hydrogen-bond donors (Lipinski definition) is 1. The van der Waals surface area contributed by atoms with Crippen LogP contribution in [0.4, 0.5) is 0 Å². The molecule has 108 valence electrons. The monoisotopic (exact) mass is 372 g/mol. The van der Waals surface area contributed by atoms with Crippen molar-refractivity contribution in [2.24, 2.45) is 0 Å². The van der Waals surface area contributed by atoms with Crippen molar-refractivity contribution in [3.05, 3.63) is 48.8 Å². The van der Waals surface area contributed by atoms with Crippen LogP contribution >= 0.6 is 38.9 Å². The fourth-order valence-electron chi connectivity index (χ4n) is 1.98. The molecule has 0 bridgehead atoms. The van der Waals surface area contributed by atoms with Gasteiger partial charge in [-0.05, 0) is 51.5 Å². The van der Waals surface area contributed by atoms with E-state index in [0.29, 0.717) is 6.04 Å². The standard InChI is InChI=1S/C15H18BrClN2S/c1-8(2)18-14(15-19-9(3)10(4)20-15)12-7-11(17)5-6-13(12)16/h5-8,14,18H,1-4H3. The lowest BCUT2D eigenvalue weighted by molar-refractivity contribution is 0.525. The second-order valence-corrected chi connectivity index (χ2v) is 7.64. The van der Waals surface area contributed by atoms with Crippen molar-refractivity contribution in [3.8, 4) is 0 Å². The zero-order chi connectivity index (χ0) is 14.9. The molecule has 2 aromatic rings. The molecular weight excluding hydrogens is 356 g/mol. The van der Waals surface area contributed by atoms with Crippen molar-refractivity contribution in [1.82, 2.24) is 10.3 Å². The van der Waals surface area contributed by atoms with Gasteiger partial charge in [-0.2, -0.15) is 0 Å². The molecule has 0 radical (unpaired) electrons.